The van der Waals surface area contributed by atoms with Crippen LogP contribution in [0.2, 0.25) is 0 Å². The van der Waals surface area contributed by atoms with Gasteiger partial charge in [0.1, 0.15) is 22.3 Å². The van der Waals surface area contributed by atoms with E-state index in [1.54, 1.807) is 0 Å². The maximum atomic E-state index is 6.69. The molecule has 0 N–H and O–H groups in total. The fraction of sp³-hybridized carbons (Fsp3) is 0.107. The molecule has 11 aromatic rings. The lowest BCUT2D eigenvalue weighted by Gasteiger charge is -2.29. The van der Waals surface area contributed by atoms with Crippen molar-refractivity contribution in [2.24, 2.45) is 0 Å². The summed E-state index contributed by atoms with van der Waals surface area (Å²) in [6.07, 6.45) is 0. The Labute approximate surface area is 349 Å². The Kier molecular flexibility index (Phi) is 8.15. The molecule has 0 atom stereocenters. The van der Waals surface area contributed by atoms with Crippen molar-refractivity contribution in [3.8, 4) is 0 Å². The Hall–Kier alpha value is -7.30. The summed E-state index contributed by atoms with van der Waals surface area (Å²) in [5, 5.41) is 8.83. The quantitative estimate of drug-likeness (QED) is 0.168. The molecule has 0 bridgehead atoms. The predicted molar refractivity (Wildman–Crippen MR) is 254 cm³/mol. The van der Waals surface area contributed by atoms with Gasteiger partial charge in [0.05, 0.1) is 11.4 Å². The van der Waals surface area contributed by atoms with Crippen molar-refractivity contribution < 1.29 is 8.83 Å². The van der Waals surface area contributed by atoms with E-state index >= 15 is 0 Å². The van der Waals surface area contributed by atoms with Crippen LogP contribution in [0, 0.1) is 41.5 Å². The summed E-state index contributed by atoms with van der Waals surface area (Å²) >= 11 is 0. The van der Waals surface area contributed by atoms with Crippen molar-refractivity contribution >= 4 is 99.5 Å². The molecular formula is C56H44N2O2. The molecule has 0 amide bonds. The number of fused-ring (bicyclic) bond motifs is 8. The van der Waals surface area contributed by atoms with E-state index < -0.39 is 0 Å². The van der Waals surface area contributed by atoms with Gasteiger partial charge in [-0.3, -0.25) is 0 Å². The number of hydrogen-bond acceptors (Lipinski definition) is 4. The van der Waals surface area contributed by atoms with Gasteiger partial charge in [-0.1, -0.05) is 83.9 Å². The smallest absolute Gasteiger partial charge is 0.136 e. The number of furan rings is 2. The summed E-state index contributed by atoms with van der Waals surface area (Å²) in [7, 11) is 0. The molecule has 60 heavy (non-hydrogen) atoms. The third kappa shape index (κ3) is 5.82. The zero-order valence-corrected chi connectivity index (χ0v) is 34.7. The molecule has 0 saturated heterocycles. The highest BCUT2D eigenvalue weighted by atomic mass is 16.3. The maximum Gasteiger partial charge on any atom is 0.136 e. The van der Waals surface area contributed by atoms with Gasteiger partial charge in [0.25, 0.3) is 0 Å². The second-order valence-electron chi connectivity index (χ2n) is 16.6. The van der Waals surface area contributed by atoms with Crippen LogP contribution < -0.4 is 9.80 Å². The standard InChI is InChI=1S/C56H44N2O2/c1-33-13-19-43(20-14-33)57(55-35(3)9-7-10-36(55)4)45-23-17-39-27-47-49-31-54-50(32-53(49)59-51(47)29-41(39)25-45)48-28-40-18-24-46(26-42(40)30-52(48)60-54)58(44-21-15-34(2)16-22-44)56-37(5)11-8-12-38(56)6/h7-32H,1-6H3. The first-order valence-corrected chi connectivity index (χ1v) is 20.7. The Balaban J connectivity index is 1.01. The monoisotopic (exact) mass is 776 g/mol. The molecule has 4 heteroatoms. The van der Waals surface area contributed by atoms with Gasteiger partial charge in [-0.15, -0.1) is 0 Å². The van der Waals surface area contributed by atoms with Crippen LogP contribution in [0.1, 0.15) is 33.4 Å². The zero-order chi connectivity index (χ0) is 40.8. The second-order valence-corrected chi connectivity index (χ2v) is 16.6. The molecule has 9 aromatic carbocycles. The van der Waals surface area contributed by atoms with Gasteiger partial charge in [0.15, 0.2) is 0 Å². The number of benzene rings is 9. The van der Waals surface area contributed by atoms with Crippen LogP contribution in [0.4, 0.5) is 34.1 Å². The third-order valence-corrected chi connectivity index (χ3v) is 12.4. The Bertz CT molecular complexity index is 3220. The van der Waals surface area contributed by atoms with E-state index in [-0.39, 0.29) is 0 Å². The van der Waals surface area contributed by atoms with Crippen molar-refractivity contribution in [3.05, 3.63) is 191 Å². The summed E-state index contributed by atoms with van der Waals surface area (Å²) in [5.74, 6) is 0. The molecule has 0 unspecified atom stereocenters. The Morgan fingerprint density at radius 1 is 0.300 bits per heavy atom. The number of rotatable bonds is 6. The Morgan fingerprint density at radius 3 is 1.02 bits per heavy atom. The van der Waals surface area contributed by atoms with Gasteiger partial charge < -0.3 is 18.6 Å². The number of hydrogen-bond donors (Lipinski definition) is 0. The highest BCUT2D eigenvalue weighted by Gasteiger charge is 2.21. The molecule has 2 aromatic heterocycles. The molecule has 4 nitrogen and oxygen atoms in total. The Morgan fingerprint density at radius 2 is 0.633 bits per heavy atom. The van der Waals surface area contributed by atoms with Crippen LogP contribution >= 0.6 is 0 Å². The zero-order valence-electron chi connectivity index (χ0n) is 34.7. The van der Waals surface area contributed by atoms with Gasteiger partial charge in [0, 0.05) is 44.3 Å². The van der Waals surface area contributed by atoms with Crippen LogP contribution in [-0.2, 0) is 0 Å². The van der Waals surface area contributed by atoms with Crippen LogP contribution in [0.5, 0.6) is 0 Å². The first kappa shape index (κ1) is 35.8. The summed E-state index contributed by atoms with van der Waals surface area (Å²) in [5.41, 5.74) is 17.7. The average Bonchev–Trinajstić information content (AvgIpc) is 3.77. The molecule has 0 aliphatic heterocycles. The molecule has 0 fully saturated rings. The molecule has 0 aliphatic carbocycles. The number of para-hydroxylation sites is 2. The van der Waals surface area contributed by atoms with E-state index in [0.717, 1.165) is 88.2 Å². The summed E-state index contributed by atoms with van der Waals surface area (Å²) in [6.45, 7) is 13.0. The third-order valence-electron chi connectivity index (χ3n) is 12.4. The topological polar surface area (TPSA) is 32.8 Å². The van der Waals surface area contributed by atoms with Gasteiger partial charge >= 0.3 is 0 Å². The van der Waals surface area contributed by atoms with Crippen molar-refractivity contribution in [3.63, 3.8) is 0 Å². The largest absolute Gasteiger partial charge is 0.456 e. The first-order valence-electron chi connectivity index (χ1n) is 20.7. The molecule has 0 aliphatic rings. The minimum atomic E-state index is 0.852. The molecule has 0 spiro atoms. The van der Waals surface area contributed by atoms with Crippen LogP contribution in [0.3, 0.4) is 0 Å². The van der Waals surface area contributed by atoms with Crippen LogP contribution in [0.15, 0.2) is 167 Å². The predicted octanol–water partition coefficient (Wildman–Crippen LogP) is 16.6. The minimum Gasteiger partial charge on any atom is -0.456 e. The normalized spacial score (nSPS) is 11.8. The van der Waals surface area contributed by atoms with E-state index in [4.69, 9.17) is 8.83 Å². The first-order chi connectivity index (χ1) is 29.2. The van der Waals surface area contributed by atoms with Crippen molar-refractivity contribution in [1.29, 1.82) is 0 Å². The summed E-state index contributed by atoms with van der Waals surface area (Å²) in [6, 6.07) is 57.3. The number of anilines is 6. The van der Waals surface area contributed by atoms with Crippen molar-refractivity contribution in [2.45, 2.75) is 41.5 Å². The molecule has 0 saturated carbocycles. The van der Waals surface area contributed by atoms with Crippen molar-refractivity contribution in [1.82, 2.24) is 0 Å². The summed E-state index contributed by atoms with van der Waals surface area (Å²) < 4.78 is 13.4. The van der Waals surface area contributed by atoms with Crippen LogP contribution in [0.25, 0.3) is 65.4 Å². The fourth-order valence-electron chi connectivity index (χ4n) is 9.30. The number of nitrogens with zero attached hydrogens (tertiary/aromatic N) is 2. The molecular weight excluding hydrogens is 733 g/mol. The van der Waals surface area contributed by atoms with Gasteiger partial charge in [-0.05, 0) is 170 Å². The van der Waals surface area contributed by atoms with Gasteiger partial charge in [-0.2, -0.15) is 0 Å². The lowest BCUT2D eigenvalue weighted by Crippen LogP contribution is -2.12. The van der Waals surface area contributed by atoms with E-state index in [1.165, 1.54) is 44.8 Å². The van der Waals surface area contributed by atoms with Crippen molar-refractivity contribution in [2.75, 3.05) is 9.80 Å². The minimum absolute atomic E-state index is 0.852. The second kappa shape index (κ2) is 13.6. The lowest BCUT2D eigenvalue weighted by atomic mass is 10.0. The van der Waals surface area contributed by atoms with Gasteiger partial charge in [-0.25, -0.2) is 0 Å². The highest BCUT2D eigenvalue weighted by Crippen LogP contribution is 2.44. The lowest BCUT2D eigenvalue weighted by molar-refractivity contribution is 0.664. The highest BCUT2D eigenvalue weighted by molar-refractivity contribution is 6.18. The average molecular weight is 777 g/mol. The SMILES string of the molecule is Cc1ccc(N(c2ccc3cc4c(cc3c2)oc2cc3c(cc24)oc2cc4cc(N(c5ccc(C)cc5)c5c(C)cccc5C)ccc4cc23)c2c(C)cccc2C)cc1. The van der Waals surface area contributed by atoms with E-state index in [9.17, 15) is 0 Å². The fourth-order valence-corrected chi connectivity index (χ4v) is 9.30. The molecule has 0 radical (unpaired) electrons. The maximum absolute atomic E-state index is 6.69. The van der Waals surface area contributed by atoms with Gasteiger partial charge in [0.2, 0.25) is 0 Å². The number of aryl methyl sites for hydroxylation is 6. The summed E-state index contributed by atoms with van der Waals surface area (Å²) in [4.78, 5) is 4.75. The van der Waals surface area contributed by atoms with Crippen LogP contribution in [-0.4, -0.2) is 0 Å². The molecule has 2 heterocycles. The molecule has 11 rings (SSSR count). The van der Waals surface area contributed by atoms with E-state index in [0.29, 0.717) is 0 Å². The van der Waals surface area contributed by atoms with E-state index in [2.05, 4.69) is 209 Å². The van der Waals surface area contributed by atoms with E-state index in [1.807, 2.05) is 0 Å². The molecule has 290 valence electrons.